The van der Waals surface area contributed by atoms with Gasteiger partial charge in [-0.2, -0.15) is 0 Å². The largest absolute Gasteiger partial charge is 0.371 e. The normalized spacial score (nSPS) is 14.6. The van der Waals surface area contributed by atoms with Crippen LogP contribution in [0.25, 0.3) is 11.1 Å². The standard InChI is InChI=1S/C16H16N2O/c19-12-15-10-13(14-4-3-7-17-11-14)5-6-16(15)18-8-1-2-9-18/h3-7,10-12H,1-2,8-9H2. The molecule has 0 bridgehead atoms. The van der Waals surface area contributed by atoms with Gasteiger partial charge in [0.2, 0.25) is 0 Å². The Morgan fingerprint density at radius 3 is 2.63 bits per heavy atom. The number of benzene rings is 1. The fourth-order valence-electron chi connectivity index (χ4n) is 2.61. The molecule has 0 amide bonds. The van der Waals surface area contributed by atoms with Gasteiger partial charge in [-0.3, -0.25) is 9.78 Å². The first-order chi connectivity index (χ1) is 9.38. The predicted octanol–water partition coefficient (Wildman–Crippen LogP) is 3.16. The molecule has 0 spiro atoms. The van der Waals surface area contributed by atoms with Gasteiger partial charge in [-0.1, -0.05) is 12.1 Å². The minimum atomic E-state index is 0.767. The molecule has 1 aromatic heterocycles. The summed E-state index contributed by atoms with van der Waals surface area (Å²) >= 11 is 0. The van der Waals surface area contributed by atoms with E-state index >= 15 is 0 Å². The van der Waals surface area contributed by atoms with Crippen LogP contribution in [0.4, 0.5) is 5.69 Å². The van der Waals surface area contributed by atoms with Crippen molar-refractivity contribution in [2.75, 3.05) is 18.0 Å². The third-order valence-corrected chi connectivity index (χ3v) is 3.60. The molecule has 2 aromatic rings. The second-order valence-corrected chi connectivity index (χ2v) is 4.83. The van der Waals surface area contributed by atoms with Crippen LogP contribution >= 0.6 is 0 Å². The molecule has 0 unspecified atom stereocenters. The second-order valence-electron chi connectivity index (χ2n) is 4.83. The van der Waals surface area contributed by atoms with E-state index in [0.29, 0.717) is 0 Å². The molecule has 0 atom stereocenters. The number of nitrogens with zero attached hydrogens (tertiary/aromatic N) is 2. The van der Waals surface area contributed by atoms with Crippen LogP contribution in [-0.2, 0) is 0 Å². The van der Waals surface area contributed by atoms with E-state index in [4.69, 9.17) is 0 Å². The topological polar surface area (TPSA) is 33.2 Å². The van der Waals surface area contributed by atoms with Crippen molar-refractivity contribution in [3.8, 4) is 11.1 Å². The van der Waals surface area contributed by atoms with Crippen molar-refractivity contribution >= 4 is 12.0 Å². The summed E-state index contributed by atoms with van der Waals surface area (Å²) in [6.07, 6.45) is 6.95. The van der Waals surface area contributed by atoms with Crippen molar-refractivity contribution in [2.24, 2.45) is 0 Å². The molecule has 0 radical (unpaired) electrons. The Bertz CT molecular complexity index is 575. The van der Waals surface area contributed by atoms with Crippen LogP contribution in [0.1, 0.15) is 23.2 Å². The molecule has 0 aliphatic carbocycles. The minimum Gasteiger partial charge on any atom is -0.371 e. The van der Waals surface area contributed by atoms with E-state index in [9.17, 15) is 4.79 Å². The van der Waals surface area contributed by atoms with Crippen molar-refractivity contribution in [3.63, 3.8) is 0 Å². The van der Waals surface area contributed by atoms with Crippen molar-refractivity contribution in [1.29, 1.82) is 0 Å². The monoisotopic (exact) mass is 252 g/mol. The third-order valence-electron chi connectivity index (χ3n) is 3.60. The fourth-order valence-corrected chi connectivity index (χ4v) is 2.61. The van der Waals surface area contributed by atoms with E-state index in [-0.39, 0.29) is 0 Å². The summed E-state index contributed by atoms with van der Waals surface area (Å²) < 4.78 is 0. The van der Waals surface area contributed by atoms with Gasteiger partial charge < -0.3 is 4.90 Å². The minimum absolute atomic E-state index is 0.767. The molecule has 1 aliphatic heterocycles. The number of aromatic nitrogens is 1. The van der Waals surface area contributed by atoms with Crippen LogP contribution in [0.3, 0.4) is 0 Å². The van der Waals surface area contributed by atoms with Gasteiger partial charge in [-0.05, 0) is 36.6 Å². The number of pyridine rings is 1. The van der Waals surface area contributed by atoms with Gasteiger partial charge in [-0.25, -0.2) is 0 Å². The van der Waals surface area contributed by atoms with Crippen molar-refractivity contribution < 1.29 is 4.79 Å². The highest BCUT2D eigenvalue weighted by molar-refractivity contribution is 5.87. The van der Waals surface area contributed by atoms with E-state index in [1.54, 1.807) is 6.20 Å². The number of carbonyl (C=O) groups excluding carboxylic acids is 1. The molecule has 3 heteroatoms. The number of rotatable bonds is 3. The zero-order valence-electron chi connectivity index (χ0n) is 10.7. The highest BCUT2D eigenvalue weighted by Crippen LogP contribution is 2.28. The molecule has 0 saturated carbocycles. The summed E-state index contributed by atoms with van der Waals surface area (Å²) in [4.78, 5) is 17.7. The number of anilines is 1. The first-order valence-electron chi connectivity index (χ1n) is 6.63. The van der Waals surface area contributed by atoms with Crippen LogP contribution in [0.5, 0.6) is 0 Å². The molecule has 1 aromatic carbocycles. The van der Waals surface area contributed by atoms with Crippen LogP contribution in [0.15, 0.2) is 42.7 Å². The van der Waals surface area contributed by atoms with E-state index in [1.165, 1.54) is 12.8 Å². The Kier molecular flexibility index (Phi) is 3.27. The summed E-state index contributed by atoms with van der Waals surface area (Å²) in [5.74, 6) is 0. The van der Waals surface area contributed by atoms with Gasteiger partial charge in [-0.15, -0.1) is 0 Å². The fraction of sp³-hybridized carbons (Fsp3) is 0.250. The maximum atomic E-state index is 11.3. The first-order valence-corrected chi connectivity index (χ1v) is 6.63. The average Bonchev–Trinajstić information content (AvgIpc) is 3.01. The lowest BCUT2D eigenvalue weighted by atomic mass is 10.0. The molecule has 1 aliphatic rings. The summed E-state index contributed by atoms with van der Waals surface area (Å²) in [7, 11) is 0. The van der Waals surface area contributed by atoms with Gasteiger partial charge in [0.25, 0.3) is 0 Å². The second kappa shape index (κ2) is 5.22. The molecule has 96 valence electrons. The summed E-state index contributed by atoms with van der Waals surface area (Å²) in [5, 5.41) is 0. The van der Waals surface area contributed by atoms with Gasteiger partial charge >= 0.3 is 0 Å². The van der Waals surface area contributed by atoms with Crippen molar-refractivity contribution in [1.82, 2.24) is 4.98 Å². The highest BCUT2D eigenvalue weighted by atomic mass is 16.1. The van der Waals surface area contributed by atoms with Crippen LogP contribution in [0.2, 0.25) is 0 Å². The highest BCUT2D eigenvalue weighted by Gasteiger charge is 2.16. The van der Waals surface area contributed by atoms with E-state index in [1.807, 2.05) is 24.4 Å². The molecule has 2 heterocycles. The van der Waals surface area contributed by atoms with E-state index < -0.39 is 0 Å². The van der Waals surface area contributed by atoms with E-state index in [0.717, 1.165) is 41.8 Å². The van der Waals surface area contributed by atoms with Gasteiger partial charge in [0.1, 0.15) is 0 Å². The molecule has 19 heavy (non-hydrogen) atoms. The molecule has 3 rings (SSSR count). The lowest BCUT2D eigenvalue weighted by Gasteiger charge is -2.20. The van der Waals surface area contributed by atoms with Crippen LogP contribution in [-0.4, -0.2) is 24.4 Å². The molecule has 3 nitrogen and oxygen atoms in total. The van der Waals surface area contributed by atoms with Gasteiger partial charge in [0, 0.05) is 42.3 Å². The summed E-state index contributed by atoms with van der Waals surface area (Å²) in [6, 6.07) is 9.99. The van der Waals surface area contributed by atoms with Gasteiger partial charge in [0.15, 0.2) is 6.29 Å². The Balaban J connectivity index is 1.99. The number of aldehydes is 1. The van der Waals surface area contributed by atoms with Crippen molar-refractivity contribution in [2.45, 2.75) is 12.8 Å². The smallest absolute Gasteiger partial charge is 0.152 e. The van der Waals surface area contributed by atoms with Crippen LogP contribution < -0.4 is 4.90 Å². The Labute approximate surface area is 112 Å². The lowest BCUT2D eigenvalue weighted by Crippen LogP contribution is -2.19. The third kappa shape index (κ3) is 2.36. The Morgan fingerprint density at radius 1 is 1.11 bits per heavy atom. The molecular formula is C16H16N2O. The van der Waals surface area contributed by atoms with Crippen LogP contribution in [0, 0.1) is 0 Å². The molecule has 1 saturated heterocycles. The van der Waals surface area contributed by atoms with Gasteiger partial charge in [0.05, 0.1) is 0 Å². The molecule has 1 fully saturated rings. The van der Waals surface area contributed by atoms with Crippen molar-refractivity contribution in [3.05, 3.63) is 48.3 Å². The SMILES string of the molecule is O=Cc1cc(-c2cccnc2)ccc1N1CCCC1. The lowest BCUT2D eigenvalue weighted by molar-refractivity contribution is 0.112. The maximum Gasteiger partial charge on any atom is 0.152 e. The molecule has 0 N–H and O–H groups in total. The van der Waals surface area contributed by atoms with E-state index in [2.05, 4.69) is 22.0 Å². The first kappa shape index (κ1) is 11.9. The Hall–Kier alpha value is -2.16. The Morgan fingerprint density at radius 2 is 1.95 bits per heavy atom. The number of carbonyl (C=O) groups is 1. The number of hydrogen-bond acceptors (Lipinski definition) is 3. The predicted molar refractivity (Wildman–Crippen MR) is 76.5 cm³/mol. The quantitative estimate of drug-likeness (QED) is 0.787. The summed E-state index contributed by atoms with van der Waals surface area (Å²) in [5.41, 5.74) is 3.90. The number of hydrogen-bond donors (Lipinski definition) is 0. The average molecular weight is 252 g/mol. The molecular weight excluding hydrogens is 236 g/mol. The maximum absolute atomic E-state index is 11.3. The summed E-state index contributed by atoms with van der Waals surface area (Å²) in [6.45, 7) is 2.10. The zero-order chi connectivity index (χ0) is 13.1. The zero-order valence-corrected chi connectivity index (χ0v) is 10.7.